The standard InChI is InChI=1S/C46H70N2O4/c1-30(29-48(12)28-27-47(10)11)33-19-24-46(40(50)51)26-25-44(8)35(38(33)46)17-18-37-43(7)22-20-34(42(5,6)36(43)21-23-45(37,44)9)31-13-15-32(16-14-31)39(49)52-41(2,3)4/h13-16,20,33,35-38H,1,17-19,21-29H2,2-12H3,(H,50,51). The van der Waals surface area contributed by atoms with E-state index in [2.05, 4.69) is 83.8 Å². The van der Waals surface area contributed by atoms with E-state index in [1.807, 2.05) is 32.9 Å². The Labute approximate surface area is 315 Å². The Balaban J connectivity index is 1.28. The number of esters is 1. The molecule has 0 aliphatic heterocycles. The number of benzene rings is 1. The fourth-order valence-electron chi connectivity index (χ4n) is 13.6. The van der Waals surface area contributed by atoms with Gasteiger partial charge >= 0.3 is 11.9 Å². The van der Waals surface area contributed by atoms with Crippen molar-refractivity contribution in [1.82, 2.24) is 9.80 Å². The van der Waals surface area contributed by atoms with E-state index in [9.17, 15) is 14.7 Å². The highest BCUT2D eigenvalue weighted by Gasteiger charge is 2.71. The molecule has 0 saturated heterocycles. The summed E-state index contributed by atoms with van der Waals surface area (Å²) in [5, 5.41) is 11.0. The molecular weight excluding hydrogens is 645 g/mol. The number of hydrogen-bond acceptors (Lipinski definition) is 5. The van der Waals surface area contributed by atoms with Crippen LogP contribution < -0.4 is 0 Å². The van der Waals surface area contributed by atoms with E-state index in [0.717, 1.165) is 58.2 Å². The number of carboxylic acid groups (broad SMARTS) is 1. The van der Waals surface area contributed by atoms with E-state index in [4.69, 9.17) is 11.3 Å². The average Bonchev–Trinajstić information content (AvgIpc) is 3.45. The maximum Gasteiger partial charge on any atom is 0.338 e. The van der Waals surface area contributed by atoms with Gasteiger partial charge in [-0.25, -0.2) is 4.79 Å². The largest absolute Gasteiger partial charge is 0.481 e. The van der Waals surface area contributed by atoms with Gasteiger partial charge in [0.1, 0.15) is 5.60 Å². The Morgan fingerprint density at radius 2 is 1.54 bits per heavy atom. The summed E-state index contributed by atoms with van der Waals surface area (Å²) in [6, 6.07) is 8.11. The molecule has 6 rings (SSSR count). The first-order valence-electron chi connectivity index (χ1n) is 20.4. The SMILES string of the molecule is C=C(CN(C)CCN(C)C)C1CCC2(C(=O)O)CCC3(C)C(CCC4C5(C)CC=C(c6ccc(C(=O)OC(C)(C)C)cc6)C(C)(C)C5CCC43C)C12. The van der Waals surface area contributed by atoms with Crippen LogP contribution in [0.25, 0.3) is 5.57 Å². The summed E-state index contributed by atoms with van der Waals surface area (Å²) in [6.07, 6.45) is 11.9. The topological polar surface area (TPSA) is 70.1 Å². The number of carboxylic acids is 1. The minimum atomic E-state index is -0.617. The zero-order valence-corrected chi connectivity index (χ0v) is 34.5. The molecule has 1 aromatic rings. The highest BCUT2D eigenvalue weighted by atomic mass is 16.6. The third-order valence-corrected chi connectivity index (χ3v) is 16.2. The lowest BCUT2D eigenvalue weighted by Gasteiger charge is -2.72. The van der Waals surface area contributed by atoms with Gasteiger partial charge in [-0.2, -0.15) is 0 Å². The normalized spacial score (nSPS) is 38.1. The zero-order valence-electron chi connectivity index (χ0n) is 34.5. The summed E-state index contributed by atoms with van der Waals surface area (Å²) in [5.41, 5.74) is 3.73. The van der Waals surface area contributed by atoms with E-state index in [0.29, 0.717) is 23.3 Å². The van der Waals surface area contributed by atoms with E-state index < -0.39 is 17.0 Å². The molecule has 0 heterocycles. The highest BCUT2D eigenvalue weighted by Crippen LogP contribution is 2.77. The van der Waals surface area contributed by atoms with Gasteiger partial charge in [0.15, 0.2) is 0 Å². The lowest BCUT2D eigenvalue weighted by atomic mass is 9.32. The van der Waals surface area contributed by atoms with Crippen molar-refractivity contribution in [3.8, 4) is 0 Å². The first-order valence-corrected chi connectivity index (χ1v) is 20.4. The third-order valence-electron chi connectivity index (χ3n) is 16.2. The second-order valence-corrected chi connectivity index (χ2v) is 20.6. The Morgan fingerprint density at radius 3 is 2.15 bits per heavy atom. The maximum atomic E-state index is 13.4. The number of ether oxygens (including phenoxy) is 1. The molecule has 0 aromatic heterocycles. The molecule has 52 heavy (non-hydrogen) atoms. The maximum absolute atomic E-state index is 13.4. The lowest BCUT2D eigenvalue weighted by Crippen LogP contribution is -2.66. The minimum absolute atomic E-state index is 0.0164. The van der Waals surface area contributed by atoms with Gasteiger partial charge in [0.05, 0.1) is 11.0 Å². The predicted molar refractivity (Wildman–Crippen MR) is 212 cm³/mol. The smallest absolute Gasteiger partial charge is 0.338 e. The number of nitrogens with zero attached hydrogens (tertiary/aromatic N) is 2. The predicted octanol–water partition coefficient (Wildman–Crippen LogP) is 9.85. The van der Waals surface area contributed by atoms with Crippen molar-refractivity contribution in [2.75, 3.05) is 40.8 Å². The van der Waals surface area contributed by atoms with Gasteiger partial charge in [-0.3, -0.25) is 4.79 Å². The number of aliphatic carboxylic acids is 1. The van der Waals surface area contributed by atoms with Crippen LogP contribution in [0.1, 0.15) is 129 Å². The molecule has 9 atom stereocenters. The molecule has 5 aliphatic carbocycles. The molecule has 0 bridgehead atoms. The Morgan fingerprint density at radius 1 is 0.865 bits per heavy atom. The Bertz CT molecular complexity index is 1590. The van der Waals surface area contributed by atoms with Gasteiger partial charge in [0, 0.05) is 19.6 Å². The molecule has 6 heteroatoms. The fourth-order valence-corrected chi connectivity index (χ4v) is 13.6. The third kappa shape index (κ3) is 6.24. The molecule has 0 radical (unpaired) electrons. The van der Waals surface area contributed by atoms with E-state index >= 15 is 0 Å². The van der Waals surface area contributed by atoms with Crippen molar-refractivity contribution in [2.45, 2.75) is 119 Å². The van der Waals surface area contributed by atoms with Crippen molar-refractivity contribution in [1.29, 1.82) is 0 Å². The van der Waals surface area contributed by atoms with E-state index in [1.54, 1.807) is 0 Å². The van der Waals surface area contributed by atoms with Crippen LogP contribution in [0, 0.1) is 56.7 Å². The summed E-state index contributed by atoms with van der Waals surface area (Å²) in [4.78, 5) is 30.7. The quantitative estimate of drug-likeness (QED) is 0.203. The summed E-state index contributed by atoms with van der Waals surface area (Å²) in [7, 11) is 6.42. The van der Waals surface area contributed by atoms with Gasteiger partial charge in [-0.05, 0) is 174 Å². The molecule has 4 saturated carbocycles. The van der Waals surface area contributed by atoms with Gasteiger partial charge in [0.25, 0.3) is 0 Å². The van der Waals surface area contributed by atoms with E-state index in [-0.39, 0.29) is 39.5 Å². The van der Waals surface area contributed by atoms with Crippen molar-refractivity contribution >= 4 is 17.5 Å². The highest BCUT2D eigenvalue weighted by molar-refractivity contribution is 5.90. The van der Waals surface area contributed by atoms with E-state index in [1.165, 1.54) is 36.0 Å². The average molecular weight is 715 g/mol. The van der Waals surface area contributed by atoms with Gasteiger partial charge < -0.3 is 19.6 Å². The number of allylic oxidation sites excluding steroid dienone is 2. The molecule has 6 nitrogen and oxygen atoms in total. The number of rotatable bonds is 9. The first kappa shape index (κ1) is 39.3. The second-order valence-electron chi connectivity index (χ2n) is 20.6. The van der Waals surface area contributed by atoms with Gasteiger partial charge in [-0.15, -0.1) is 0 Å². The number of fused-ring (bicyclic) bond motifs is 7. The van der Waals surface area contributed by atoms with Crippen LogP contribution >= 0.6 is 0 Å². The monoisotopic (exact) mass is 715 g/mol. The molecule has 1 aromatic carbocycles. The second kappa shape index (κ2) is 13.4. The van der Waals surface area contributed by atoms with Crippen LogP contribution in [0.4, 0.5) is 0 Å². The molecular formula is C46H70N2O4. The summed E-state index contributed by atoms with van der Waals surface area (Å²) in [6.45, 7) is 26.0. The molecule has 5 aliphatic rings. The summed E-state index contributed by atoms with van der Waals surface area (Å²) < 4.78 is 5.64. The summed E-state index contributed by atoms with van der Waals surface area (Å²) >= 11 is 0. The van der Waals surface area contributed by atoms with Crippen LogP contribution in [0.2, 0.25) is 0 Å². The van der Waals surface area contributed by atoms with Crippen LogP contribution in [0.3, 0.4) is 0 Å². The molecule has 1 N–H and O–H groups in total. The molecule has 9 unspecified atom stereocenters. The fraction of sp³-hybridized carbons (Fsp3) is 0.739. The number of likely N-dealkylation sites (N-methyl/N-ethyl adjacent to an activating group) is 2. The van der Waals surface area contributed by atoms with Crippen LogP contribution in [-0.4, -0.2) is 73.2 Å². The first-order chi connectivity index (χ1) is 24.1. The minimum Gasteiger partial charge on any atom is -0.481 e. The molecule has 288 valence electrons. The van der Waals surface area contributed by atoms with Crippen LogP contribution in [-0.2, 0) is 9.53 Å². The molecule has 0 amide bonds. The van der Waals surface area contributed by atoms with Crippen molar-refractivity contribution in [2.24, 2.45) is 56.7 Å². The number of carbonyl (C=O) groups excluding carboxylic acids is 1. The zero-order chi connectivity index (χ0) is 38.2. The number of hydrogen-bond donors (Lipinski definition) is 1. The number of carbonyl (C=O) groups is 2. The van der Waals surface area contributed by atoms with Crippen LogP contribution in [0.15, 0.2) is 42.5 Å². The van der Waals surface area contributed by atoms with Crippen molar-refractivity contribution in [3.63, 3.8) is 0 Å². The lowest BCUT2D eigenvalue weighted by molar-refractivity contribution is -0.228. The molecule has 4 fully saturated rings. The van der Waals surface area contributed by atoms with Crippen molar-refractivity contribution < 1.29 is 19.4 Å². The van der Waals surface area contributed by atoms with Crippen molar-refractivity contribution in [3.05, 3.63) is 53.6 Å². The Hall–Kier alpha value is -2.44. The van der Waals surface area contributed by atoms with Crippen LogP contribution in [0.5, 0.6) is 0 Å². The molecule has 0 spiro atoms. The summed E-state index contributed by atoms with van der Waals surface area (Å²) in [5.74, 6) is 1.15. The Kier molecular flexibility index (Phi) is 10.1. The van der Waals surface area contributed by atoms with Gasteiger partial charge in [0.2, 0.25) is 0 Å². The van der Waals surface area contributed by atoms with Gasteiger partial charge in [-0.1, -0.05) is 65.0 Å².